The molecule has 3 N–H and O–H groups in total. The van der Waals surface area contributed by atoms with E-state index in [-0.39, 0.29) is 38.6 Å². The zero-order valence-corrected chi connectivity index (χ0v) is 54.3. The van der Waals surface area contributed by atoms with Crippen LogP contribution in [0.15, 0.2) is 122 Å². The van der Waals surface area contributed by atoms with Crippen molar-refractivity contribution < 1.29 is 37.6 Å². The number of hydrogen-bond acceptors (Lipinski definition) is 8. The normalized spacial score (nSPS) is 13.7. The molecule has 83 heavy (non-hydrogen) atoms. The fourth-order valence-corrected chi connectivity index (χ4v) is 10.1. The molecule has 0 aliphatic heterocycles. The second kappa shape index (κ2) is 67.5. The molecule has 0 aromatic carbocycles. The molecule has 0 fully saturated rings. The fraction of sp³-hybridized carbons (Fsp3) is 0.699. The lowest BCUT2D eigenvalue weighted by molar-refractivity contribution is -0.161. The van der Waals surface area contributed by atoms with Crippen LogP contribution >= 0.6 is 7.82 Å². The van der Waals surface area contributed by atoms with Crippen LogP contribution in [0.2, 0.25) is 0 Å². The highest BCUT2D eigenvalue weighted by Gasteiger charge is 2.26. The topological polar surface area (TPSA) is 134 Å². The van der Waals surface area contributed by atoms with E-state index < -0.39 is 26.5 Å². The van der Waals surface area contributed by atoms with Crippen LogP contribution in [0.25, 0.3) is 0 Å². The number of allylic oxidation sites excluding steroid dienone is 20. The zero-order chi connectivity index (χ0) is 60.1. The predicted octanol–water partition coefficient (Wildman–Crippen LogP) is 22.3. The van der Waals surface area contributed by atoms with Gasteiger partial charge in [-0.15, -0.1) is 0 Å². The Hall–Kier alpha value is -3.59. The fourth-order valence-electron chi connectivity index (χ4n) is 9.33. The Morgan fingerprint density at radius 2 is 0.663 bits per heavy atom. The minimum Gasteiger partial charge on any atom is -0.462 e. The van der Waals surface area contributed by atoms with Crippen LogP contribution in [0.1, 0.15) is 296 Å². The maximum atomic E-state index is 12.8. The molecule has 476 valence electrons. The maximum absolute atomic E-state index is 12.8. The van der Waals surface area contributed by atoms with Gasteiger partial charge in [-0.05, 0) is 109 Å². The van der Waals surface area contributed by atoms with E-state index in [2.05, 4.69) is 135 Å². The lowest BCUT2D eigenvalue weighted by Crippen LogP contribution is -2.29. The van der Waals surface area contributed by atoms with Crippen molar-refractivity contribution in [1.29, 1.82) is 0 Å². The first-order valence-electron chi connectivity index (χ1n) is 34.0. The molecule has 0 saturated heterocycles. The molecule has 0 bridgehead atoms. The minimum atomic E-state index is -4.40. The van der Waals surface area contributed by atoms with Gasteiger partial charge in [0.1, 0.15) is 6.61 Å². The van der Waals surface area contributed by atoms with Crippen LogP contribution in [-0.2, 0) is 32.7 Å². The second-order valence-corrected chi connectivity index (χ2v) is 23.8. The van der Waals surface area contributed by atoms with E-state index in [9.17, 15) is 19.0 Å². The largest absolute Gasteiger partial charge is 0.472 e. The van der Waals surface area contributed by atoms with Crippen molar-refractivity contribution >= 4 is 19.8 Å². The monoisotopic (exact) mass is 1180 g/mol. The Morgan fingerprint density at radius 3 is 1.00 bits per heavy atom. The zero-order valence-electron chi connectivity index (χ0n) is 53.4. The van der Waals surface area contributed by atoms with Gasteiger partial charge in [0.15, 0.2) is 6.10 Å². The molecular weight excluding hydrogens is 1050 g/mol. The average Bonchev–Trinajstić information content (AvgIpc) is 3.48. The summed E-state index contributed by atoms with van der Waals surface area (Å²) in [6.45, 7) is 3.65. The third kappa shape index (κ3) is 67.4. The van der Waals surface area contributed by atoms with Gasteiger partial charge in [0.05, 0.1) is 13.2 Å². The first-order valence-corrected chi connectivity index (χ1v) is 35.5. The number of rotatable bonds is 63. The molecule has 2 unspecified atom stereocenters. The van der Waals surface area contributed by atoms with Gasteiger partial charge >= 0.3 is 19.8 Å². The Morgan fingerprint density at radius 1 is 0.373 bits per heavy atom. The van der Waals surface area contributed by atoms with E-state index in [1.807, 2.05) is 0 Å². The van der Waals surface area contributed by atoms with Crippen molar-refractivity contribution in [3.63, 3.8) is 0 Å². The SMILES string of the molecule is CC/C=C\C/C=C\C/C=C\C/C=C\C/C=C\C/C=C\C/C=C\C/C=C\C/C=C\CCCCCCCCCCCCCC(=O)OC(COC(=O)CCCCCCCCCCCCC/C=C\CCCCCCCCCC)COP(=O)(O)OCCN. The van der Waals surface area contributed by atoms with Crippen molar-refractivity contribution in [2.24, 2.45) is 5.73 Å². The molecular formula is C73H126NO8P. The summed E-state index contributed by atoms with van der Waals surface area (Å²) >= 11 is 0. The third-order valence-corrected chi connectivity index (χ3v) is 15.3. The molecule has 2 atom stereocenters. The van der Waals surface area contributed by atoms with Gasteiger partial charge < -0.3 is 20.1 Å². The number of esters is 2. The van der Waals surface area contributed by atoms with Gasteiger partial charge in [0, 0.05) is 19.4 Å². The number of unbranched alkanes of at least 4 members (excludes halogenated alkanes) is 30. The van der Waals surface area contributed by atoms with Crippen molar-refractivity contribution in [3.8, 4) is 0 Å². The summed E-state index contributed by atoms with van der Waals surface area (Å²) in [5.74, 6) is -0.829. The number of carbonyl (C=O) groups is 2. The van der Waals surface area contributed by atoms with Crippen LogP contribution in [0.4, 0.5) is 0 Å². The number of carbonyl (C=O) groups excluding carboxylic acids is 2. The summed E-state index contributed by atoms with van der Waals surface area (Å²) in [6, 6.07) is 0. The molecule has 10 heteroatoms. The summed E-state index contributed by atoms with van der Waals surface area (Å²) in [5.41, 5.74) is 5.40. The number of phosphoric acid groups is 1. The number of phosphoric ester groups is 1. The molecule has 0 aliphatic rings. The highest BCUT2D eigenvalue weighted by Crippen LogP contribution is 2.43. The summed E-state index contributed by atoms with van der Waals surface area (Å²) in [7, 11) is -4.40. The van der Waals surface area contributed by atoms with Crippen molar-refractivity contribution in [3.05, 3.63) is 122 Å². The summed E-state index contributed by atoms with van der Waals surface area (Å²) in [4.78, 5) is 35.3. The molecule has 0 rings (SSSR count). The molecule has 0 aromatic rings. The molecule has 9 nitrogen and oxygen atoms in total. The van der Waals surface area contributed by atoms with E-state index >= 15 is 0 Å². The number of nitrogens with two attached hydrogens (primary N) is 1. The van der Waals surface area contributed by atoms with Crippen LogP contribution in [-0.4, -0.2) is 49.3 Å². The van der Waals surface area contributed by atoms with E-state index in [4.69, 9.17) is 24.3 Å². The molecule has 0 radical (unpaired) electrons. The van der Waals surface area contributed by atoms with E-state index in [1.54, 1.807) is 0 Å². The standard InChI is InChI=1S/C73H126NO8P/c1-3-5-7-9-11-13-15-17-19-21-23-25-27-28-29-30-31-32-33-34-35-36-37-38-39-40-41-42-44-46-48-50-52-54-56-58-60-62-64-66-73(76)82-71(70-81-83(77,78)80-68-67-74)69-79-72(75)65-63-61-59-57-55-53-51-49-47-45-43-26-24-22-20-18-16-14-12-10-8-6-4-2/h5,7,11,13,17,19,22-25,28-29,31-32,34-35,37-38,40-41,71H,3-4,6,8-10,12,14-16,18,20-21,26-27,30,33,36,39,42-70,74H2,1-2H3,(H,77,78)/b7-5-,13-11-,19-17-,24-22-,25-23-,29-28-,32-31-,35-34-,38-37-,41-40-. The molecule has 0 amide bonds. The number of hydrogen-bond donors (Lipinski definition) is 2. The Labute approximate surface area is 511 Å². The van der Waals surface area contributed by atoms with Crippen molar-refractivity contribution in [1.82, 2.24) is 0 Å². The maximum Gasteiger partial charge on any atom is 0.472 e. The van der Waals surface area contributed by atoms with Crippen LogP contribution < -0.4 is 5.73 Å². The van der Waals surface area contributed by atoms with E-state index in [0.717, 1.165) is 103 Å². The first-order chi connectivity index (χ1) is 40.8. The molecule has 0 spiro atoms. The predicted molar refractivity (Wildman–Crippen MR) is 358 cm³/mol. The number of ether oxygens (including phenoxy) is 2. The van der Waals surface area contributed by atoms with Gasteiger partial charge in [-0.25, -0.2) is 4.57 Å². The van der Waals surface area contributed by atoms with Crippen molar-refractivity contribution in [2.45, 2.75) is 302 Å². The van der Waals surface area contributed by atoms with Crippen LogP contribution in [0.3, 0.4) is 0 Å². The molecule has 0 aliphatic carbocycles. The second-order valence-electron chi connectivity index (χ2n) is 22.3. The highest BCUT2D eigenvalue weighted by molar-refractivity contribution is 7.47. The van der Waals surface area contributed by atoms with Gasteiger partial charge in [-0.3, -0.25) is 18.6 Å². The third-order valence-electron chi connectivity index (χ3n) is 14.3. The Bertz CT molecular complexity index is 1770. The molecule has 0 saturated carbocycles. The van der Waals surface area contributed by atoms with Crippen LogP contribution in [0, 0.1) is 0 Å². The van der Waals surface area contributed by atoms with Gasteiger partial charge in [-0.1, -0.05) is 296 Å². The highest BCUT2D eigenvalue weighted by atomic mass is 31.2. The van der Waals surface area contributed by atoms with Crippen LogP contribution in [0.5, 0.6) is 0 Å². The van der Waals surface area contributed by atoms with Gasteiger partial charge in [-0.2, -0.15) is 0 Å². The minimum absolute atomic E-state index is 0.0489. The molecule has 0 heterocycles. The van der Waals surface area contributed by atoms with Gasteiger partial charge in [0.2, 0.25) is 0 Å². The Kier molecular flexibility index (Phi) is 64.6. The first kappa shape index (κ1) is 79.4. The smallest absolute Gasteiger partial charge is 0.462 e. The summed E-state index contributed by atoms with van der Waals surface area (Å²) in [5, 5.41) is 0. The quantitative estimate of drug-likeness (QED) is 0.0264. The van der Waals surface area contributed by atoms with E-state index in [1.165, 1.54) is 161 Å². The molecule has 0 aromatic heterocycles. The lowest BCUT2D eigenvalue weighted by atomic mass is 10.0. The average molecular weight is 1180 g/mol. The summed E-state index contributed by atoms with van der Waals surface area (Å²) in [6.07, 6.45) is 94.2. The lowest BCUT2D eigenvalue weighted by Gasteiger charge is -2.19. The summed E-state index contributed by atoms with van der Waals surface area (Å²) < 4.78 is 33.1. The van der Waals surface area contributed by atoms with E-state index in [0.29, 0.717) is 6.42 Å². The van der Waals surface area contributed by atoms with Crippen molar-refractivity contribution in [2.75, 3.05) is 26.4 Å². The Balaban J connectivity index is 3.93. The van der Waals surface area contributed by atoms with Gasteiger partial charge in [0.25, 0.3) is 0 Å².